The summed E-state index contributed by atoms with van der Waals surface area (Å²) < 4.78 is 11.1. The fourth-order valence-corrected chi connectivity index (χ4v) is 5.17. The van der Waals surface area contributed by atoms with E-state index in [-0.39, 0.29) is 51.8 Å². The monoisotopic (exact) mass is 521 g/mol. The third kappa shape index (κ3) is 4.41. The zero-order valence-electron chi connectivity index (χ0n) is 22.0. The molecule has 2 N–H and O–H groups in total. The number of esters is 1. The van der Waals surface area contributed by atoms with Crippen molar-refractivity contribution >= 4 is 29.2 Å². The van der Waals surface area contributed by atoms with E-state index in [9.17, 15) is 29.1 Å². The van der Waals surface area contributed by atoms with E-state index in [1.54, 1.807) is 13.0 Å². The van der Waals surface area contributed by atoms with Gasteiger partial charge in [0.2, 0.25) is 11.7 Å². The summed E-state index contributed by atoms with van der Waals surface area (Å²) in [6, 6.07) is 1.46. The maximum absolute atomic E-state index is 14.2. The van der Waals surface area contributed by atoms with Crippen LogP contribution in [0, 0.1) is 18.3 Å². The molecule has 0 aromatic heterocycles. The third-order valence-corrected chi connectivity index (χ3v) is 7.50. The number of hydrogen-bond donors (Lipinski definition) is 2. The molecule has 1 aromatic carbocycles. The van der Waals surface area contributed by atoms with Crippen LogP contribution >= 0.6 is 0 Å². The highest BCUT2D eigenvalue weighted by molar-refractivity contribution is 6.32. The van der Waals surface area contributed by atoms with E-state index in [0.717, 1.165) is 6.08 Å². The second kappa shape index (κ2) is 10.1. The molecule has 2 aliphatic heterocycles. The van der Waals surface area contributed by atoms with Crippen molar-refractivity contribution in [3.8, 4) is 5.75 Å². The molecule has 200 valence electrons. The van der Waals surface area contributed by atoms with E-state index in [4.69, 9.17) is 9.47 Å². The first-order chi connectivity index (χ1) is 17.9. The lowest BCUT2D eigenvalue weighted by atomic mass is 9.71. The number of allylic oxidation sites excluding steroid dienone is 2. The van der Waals surface area contributed by atoms with E-state index in [1.807, 2.05) is 6.92 Å². The predicted molar refractivity (Wildman–Crippen MR) is 137 cm³/mol. The van der Waals surface area contributed by atoms with Crippen molar-refractivity contribution in [1.82, 2.24) is 5.32 Å². The number of methoxy groups -OCH3 is 1. The van der Waals surface area contributed by atoms with E-state index < -0.39 is 41.1 Å². The fraction of sp³-hybridized carbons (Fsp3) is 0.414. The molecule has 0 spiro atoms. The molecule has 4 atom stereocenters. The fourth-order valence-electron chi connectivity index (χ4n) is 5.17. The Balaban J connectivity index is 2.04. The Morgan fingerprint density at radius 1 is 1.13 bits per heavy atom. The number of amides is 1. The largest absolute Gasteiger partial charge is 0.496 e. The zero-order chi connectivity index (χ0) is 27.9. The van der Waals surface area contributed by atoms with Crippen LogP contribution in [0.25, 0.3) is 0 Å². The zero-order valence-corrected chi connectivity index (χ0v) is 22.0. The summed E-state index contributed by atoms with van der Waals surface area (Å²) in [7, 11) is 1.38. The Morgan fingerprint density at radius 2 is 1.84 bits per heavy atom. The van der Waals surface area contributed by atoms with E-state index in [0.29, 0.717) is 18.4 Å². The lowest BCUT2D eigenvalue weighted by Gasteiger charge is -2.32. The van der Waals surface area contributed by atoms with Gasteiger partial charge in [-0.1, -0.05) is 25.2 Å². The average Bonchev–Trinajstić information content (AvgIpc) is 3.02. The number of aliphatic hydroxyl groups excluding tert-OH is 1. The smallest absolute Gasteiger partial charge is 0.320 e. The Kier molecular flexibility index (Phi) is 7.25. The Hall–Kier alpha value is -3.85. The summed E-state index contributed by atoms with van der Waals surface area (Å²) in [4.78, 5) is 67.8. The summed E-state index contributed by atoms with van der Waals surface area (Å²) in [6.45, 7) is 6.48. The van der Waals surface area contributed by atoms with Gasteiger partial charge >= 0.3 is 5.97 Å². The van der Waals surface area contributed by atoms with Crippen LogP contribution < -0.4 is 10.1 Å². The van der Waals surface area contributed by atoms with Gasteiger partial charge in [-0.3, -0.25) is 24.0 Å². The van der Waals surface area contributed by atoms with Crippen LogP contribution in [0.4, 0.5) is 0 Å². The maximum atomic E-state index is 14.2. The number of rotatable bonds is 2. The number of hydrogen-bond acceptors (Lipinski definition) is 8. The highest BCUT2D eigenvalue weighted by Crippen LogP contribution is 2.44. The number of ketones is 3. The van der Waals surface area contributed by atoms with Gasteiger partial charge < -0.3 is 19.9 Å². The van der Waals surface area contributed by atoms with Gasteiger partial charge in [-0.15, -0.1) is 0 Å². The number of ether oxygens (including phenoxy) is 2. The SMILES string of the molecule is CC[C@H]1/C=C\[C@@H](O)[C@@H](C)OC(=O)[C@]2(C)C=CC(=O)NC3=C2C(=O)c2c(cc(C)c(OC)c2C(=O)CC1)C3=O. The van der Waals surface area contributed by atoms with Crippen LogP contribution in [0.1, 0.15) is 76.7 Å². The summed E-state index contributed by atoms with van der Waals surface area (Å²) in [5.74, 6) is -3.37. The summed E-state index contributed by atoms with van der Waals surface area (Å²) >= 11 is 0. The Labute approximate surface area is 220 Å². The molecule has 4 rings (SSSR count). The second-order valence-electron chi connectivity index (χ2n) is 10.1. The minimum absolute atomic E-state index is 0.0234. The standard InChI is InChI=1S/C29H31NO8/c1-6-16-7-9-18(31)15(3)38-28(36)29(4)12-11-20(33)30-24-23(29)26(35)21-17(25(24)34)13-14(2)27(37-5)22(21)19(32)10-8-16/h7,9,11-13,15-16,18,31H,6,8,10H2,1-5H3,(H,30,33)/b9-7-/t15-,16+,18-,29-/m1/s1. The van der Waals surface area contributed by atoms with Gasteiger partial charge in [0.15, 0.2) is 11.6 Å². The van der Waals surface area contributed by atoms with Crippen LogP contribution in [0.15, 0.2) is 41.6 Å². The van der Waals surface area contributed by atoms with Gasteiger partial charge in [-0.25, -0.2) is 0 Å². The molecule has 9 nitrogen and oxygen atoms in total. The van der Waals surface area contributed by atoms with E-state index >= 15 is 0 Å². The second-order valence-corrected chi connectivity index (χ2v) is 10.1. The van der Waals surface area contributed by atoms with Gasteiger partial charge in [-0.05, 0) is 51.2 Å². The first-order valence-corrected chi connectivity index (χ1v) is 12.6. The third-order valence-electron chi connectivity index (χ3n) is 7.50. The Bertz CT molecular complexity index is 1350. The number of benzene rings is 1. The molecule has 0 fully saturated rings. The summed E-state index contributed by atoms with van der Waals surface area (Å²) in [5, 5.41) is 13.1. The molecular weight excluding hydrogens is 490 g/mol. The number of Topliss-reactive ketones (excluding diaryl/α,β-unsaturated/α-hetero) is 3. The van der Waals surface area contributed by atoms with Gasteiger partial charge in [-0.2, -0.15) is 0 Å². The molecule has 38 heavy (non-hydrogen) atoms. The van der Waals surface area contributed by atoms with Crippen LogP contribution in [0.5, 0.6) is 5.75 Å². The number of carbonyl (C=O) groups excluding carboxylic acids is 5. The summed E-state index contributed by atoms with van der Waals surface area (Å²) in [5.41, 5.74) is -2.28. The van der Waals surface area contributed by atoms with Crippen LogP contribution in [-0.4, -0.2) is 53.7 Å². The molecule has 2 bridgehead atoms. The molecule has 2 heterocycles. The average molecular weight is 522 g/mol. The van der Waals surface area contributed by atoms with E-state index in [2.05, 4.69) is 5.32 Å². The molecule has 3 aliphatic rings. The molecular formula is C29H31NO8. The molecule has 1 aromatic rings. The van der Waals surface area contributed by atoms with Crippen molar-refractivity contribution in [2.24, 2.45) is 11.3 Å². The molecule has 0 unspecified atom stereocenters. The van der Waals surface area contributed by atoms with Crippen molar-refractivity contribution in [3.05, 3.63) is 63.9 Å². The summed E-state index contributed by atoms with van der Waals surface area (Å²) in [6.07, 6.45) is 4.58. The molecule has 1 amide bonds. The minimum Gasteiger partial charge on any atom is -0.496 e. The molecule has 0 saturated heterocycles. The number of aliphatic hydroxyl groups is 1. The van der Waals surface area contributed by atoms with Crippen molar-refractivity contribution in [2.45, 2.75) is 59.2 Å². The first kappa shape index (κ1) is 27.2. The van der Waals surface area contributed by atoms with Crippen molar-refractivity contribution in [3.63, 3.8) is 0 Å². The highest BCUT2D eigenvalue weighted by Gasteiger charge is 2.50. The van der Waals surface area contributed by atoms with Gasteiger partial charge in [0.1, 0.15) is 23.4 Å². The van der Waals surface area contributed by atoms with Crippen molar-refractivity contribution in [2.75, 3.05) is 7.11 Å². The number of nitrogens with one attached hydrogen (secondary N) is 1. The minimum atomic E-state index is -1.87. The molecule has 9 heteroatoms. The van der Waals surface area contributed by atoms with Crippen LogP contribution in [0.3, 0.4) is 0 Å². The lowest BCUT2D eigenvalue weighted by molar-refractivity contribution is -0.158. The van der Waals surface area contributed by atoms with E-state index in [1.165, 1.54) is 39.2 Å². The van der Waals surface area contributed by atoms with Crippen molar-refractivity contribution in [1.29, 1.82) is 0 Å². The number of aryl methyl sites for hydroxylation is 1. The van der Waals surface area contributed by atoms with Crippen LogP contribution in [0.2, 0.25) is 0 Å². The number of carbonyl (C=O) groups is 5. The van der Waals surface area contributed by atoms with Gasteiger partial charge in [0.25, 0.3) is 0 Å². The molecule has 1 aliphatic carbocycles. The predicted octanol–water partition coefficient (Wildman–Crippen LogP) is 3.18. The first-order valence-electron chi connectivity index (χ1n) is 12.6. The molecule has 0 saturated carbocycles. The van der Waals surface area contributed by atoms with Gasteiger partial charge in [0, 0.05) is 29.2 Å². The van der Waals surface area contributed by atoms with Crippen molar-refractivity contribution < 1.29 is 38.6 Å². The normalized spacial score (nSPS) is 28.7. The maximum Gasteiger partial charge on any atom is 0.320 e. The van der Waals surface area contributed by atoms with Gasteiger partial charge in [0.05, 0.1) is 18.4 Å². The van der Waals surface area contributed by atoms with Crippen LogP contribution in [-0.2, 0) is 14.3 Å². The Morgan fingerprint density at radius 3 is 2.50 bits per heavy atom. The highest BCUT2D eigenvalue weighted by atomic mass is 16.6. The number of cyclic esters (lactones) is 1. The quantitative estimate of drug-likeness (QED) is 0.447. The lowest BCUT2D eigenvalue weighted by Crippen LogP contribution is -2.42. The molecule has 0 radical (unpaired) electrons. The topological polar surface area (TPSA) is 136 Å².